The van der Waals surface area contributed by atoms with Crippen LogP contribution in [-0.4, -0.2) is 6.03 Å². The fourth-order valence-electron chi connectivity index (χ4n) is 2.00. The number of hydrogen-bond acceptors (Lipinski definition) is 2. The molecule has 0 bridgehead atoms. The Bertz CT molecular complexity index is 596. The average Bonchev–Trinajstić information content (AvgIpc) is 2.49. The maximum Gasteiger partial charge on any atom is 0.323 e. The van der Waals surface area contributed by atoms with Gasteiger partial charge in [0, 0.05) is 10.6 Å². The molecule has 2 N–H and O–H groups in total. The SMILES string of the molecule is CCCCc1ccc(NC(=O)Nc2ccccc2S)cc1. The van der Waals surface area contributed by atoms with Crippen LogP contribution in [0.25, 0.3) is 0 Å². The second kappa shape index (κ2) is 7.74. The van der Waals surface area contributed by atoms with E-state index in [0.29, 0.717) is 5.69 Å². The van der Waals surface area contributed by atoms with E-state index in [1.165, 1.54) is 18.4 Å². The van der Waals surface area contributed by atoms with E-state index in [0.717, 1.165) is 17.0 Å². The van der Waals surface area contributed by atoms with E-state index in [1.54, 1.807) is 0 Å². The van der Waals surface area contributed by atoms with E-state index < -0.39 is 0 Å². The molecule has 0 atom stereocenters. The van der Waals surface area contributed by atoms with Gasteiger partial charge in [0.15, 0.2) is 0 Å². The number of para-hydroxylation sites is 1. The molecule has 0 heterocycles. The highest BCUT2D eigenvalue weighted by atomic mass is 32.1. The van der Waals surface area contributed by atoms with Crippen LogP contribution in [0.15, 0.2) is 53.4 Å². The summed E-state index contributed by atoms with van der Waals surface area (Å²) < 4.78 is 0. The van der Waals surface area contributed by atoms with Gasteiger partial charge in [-0.15, -0.1) is 12.6 Å². The Balaban J connectivity index is 1.92. The molecule has 21 heavy (non-hydrogen) atoms. The highest BCUT2D eigenvalue weighted by Gasteiger charge is 2.04. The fourth-order valence-corrected chi connectivity index (χ4v) is 2.22. The van der Waals surface area contributed by atoms with Crippen LogP contribution in [0, 0.1) is 0 Å². The van der Waals surface area contributed by atoms with Gasteiger partial charge >= 0.3 is 6.03 Å². The van der Waals surface area contributed by atoms with Crippen molar-refractivity contribution in [1.29, 1.82) is 0 Å². The summed E-state index contributed by atoms with van der Waals surface area (Å²) in [5.41, 5.74) is 2.77. The molecule has 0 aliphatic heterocycles. The van der Waals surface area contributed by atoms with Crippen LogP contribution in [0.1, 0.15) is 25.3 Å². The lowest BCUT2D eigenvalue weighted by Crippen LogP contribution is -2.19. The van der Waals surface area contributed by atoms with Gasteiger partial charge in [-0.2, -0.15) is 0 Å². The third kappa shape index (κ3) is 4.83. The number of thiol groups is 1. The maximum atomic E-state index is 11.9. The van der Waals surface area contributed by atoms with Crippen molar-refractivity contribution in [1.82, 2.24) is 0 Å². The number of aryl methyl sites for hydroxylation is 1. The van der Waals surface area contributed by atoms with Crippen molar-refractivity contribution in [3.63, 3.8) is 0 Å². The lowest BCUT2D eigenvalue weighted by atomic mass is 10.1. The third-order valence-electron chi connectivity index (χ3n) is 3.18. The second-order valence-electron chi connectivity index (χ2n) is 4.90. The summed E-state index contributed by atoms with van der Waals surface area (Å²) in [4.78, 5) is 12.7. The minimum atomic E-state index is -0.266. The summed E-state index contributed by atoms with van der Waals surface area (Å²) in [7, 11) is 0. The molecular weight excluding hydrogens is 280 g/mol. The van der Waals surface area contributed by atoms with Crippen molar-refractivity contribution in [2.24, 2.45) is 0 Å². The molecule has 110 valence electrons. The normalized spacial score (nSPS) is 10.2. The number of anilines is 2. The van der Waals surface area contributed by atoms with Gasteiger partial charge in [0.25, 0.3) is 0 Å². The zero-order valence-electron chi connectivity index (χ0n) is 12.1. The van der Waals surface area contributed by atoms with Crippen LogP contribution < -0.4 is 10.6 Å². The van der Waals surface area contributed by atoms with E-state index in [2.05, 4.69) is 42.3 Å². The van der Waals surface area contributed by atoms with Crippen LogP contribution in [0.3, 0.4) is 0 Å². The van der Waals surface area contributed by atoms with E-state index in [4.69, 9.17) is 0 Å². The molecule has 0 aliphatic carbocycles. The first kappa shape index (κ1) is 15.4. The summed E-state index contributed by atoms with van der Waals surface area (Å²) in [6.45, 7) is 2.18. The van der Waals surface area contributed by atoms with Gasteiger partial charge < -0.3 is 10.6 Å². The van der Waals surface area contributed by atoms with Crippen molar-refractivity contribution in [2.75, 3.05) is 10.6 Å². The molecular formula is C17H20N2OS. The van der Waals surface area contributed by atoms with Crippen molar-refractivity contribution >= 4 is 30.0 Å². The van der Waals surface area contributed by atoms with Gasteiger partial charge in [0.1, 0.15) is 0 Å². The summed E-state index contributed by atoms with van der Waals surface area (Å²) in [5, 5.41) is 5.60. The zero-order chi connectivity index (χ0) is 15.1. The molecule has 0 aliphatic rings. The molecule has 0 fully saturated rings. The van der Waals surface area contributed by atoms with E-state index >= 15 is 0 Å². The first-order chi connectivity index (χ1) is 10.2. The molecule has 0 unspecified atom stereocenters. The third-order valence-corrected chi connectivity index (χ3v) is 3.57. The molecule has 2 aromatic rings. The predicted octanol–water partition coefficient (Wildman–Crippen LogP) is 4.96. The topological polar surface area (TPSA) is 41.1 Å². The van der Waals surface area contributed by atoms with Gasteiger partial charge in [-0.25, -0.2) is 4.79 Å². The Morgan fingerprint density at radius 1 is 1.05 bits per heavy atom. The molecule has 2 amide bonds. The van der Waals surface area contributed by atoms with E-state index in [-0.39, 0.29) is 6.03 Å². The number of carbonyl (C=O) groups is 1. The monoisotopic (exact) mass is 300 g/mol. The van der Waals surface area contributed by atoms with Gasteiger partial charge in [-0.1, -0.05) is 37.6 Å². The van der Waals surface area contributed by atoms with Gasteiger partial charge in [0.2, 0.25) is 0 Å². The maximum absolute atomic E-state index is 11.9. The number of urea groups is 1. The molecule has 2 rings (SSSR count). The standard InChI is InChI=1S/C17H20N2OS/c1-2-3-6-13-9-11-14(12-10-13)18-17(20)19-15-7-4-5-8-16(15)21/h4-5,7-12,21H,2-3,6H2,1H3,(H2,18,19,20). The predicted molar refractivity (Wildman–Crippen MR) is 91.4 cm³/mol. The van der Waals surface area contributed by atoms with E-state index in [1.807, 2.05) is 36.4 Å². The smallest absolute Gasteiger partial charge is 0.308 e. The molecule has 2 aromatic carbocycles. The zero-order valence-corrected chi connectivity index (χ0v) is 13.0. The van der Waals surface area contributed by atoms with Crippen molar-refractivity contribution in [3.05, 3.63) is 54.1 Å². The van der Waals surface area contributed by atoms with Crippen molar-refractivity contribution in [3.8, 4) is 0 Å². The van der Waals surface area contributed by atoms with Crippen LogP contribution in [0.5, 0.6) is 0 Å². The Labute approximate surface area is 131 Å². The minimum Gasteiger partial charge on any atom is -0.308 e. The summed E-state index contributed by atoms with van der Waals surface area (Å²) in [6, 6.07) is 15.1. The molecule has 0 aromatic heterocycles. The quantitative estimate of drug-likeness (QED) is 0.671. The largest absolute Gasteiger partial charge is 0.323 e. The van der Waals surface area contributed by atoms with Crippen molar-refractivity contribution < 1.29 is 4.79 Å². The minimum absolute atomic E-state index is 0.266. The summed E-state index contributed by atoms with van der Waals surface area (Å²) in [5.74, 6) is 0. The lowest BCUT2D eigenvalue weighted by Gasteiger charge is -2.09. The van der Waals surface area contributed by atoms with Crippen molar-refractivity contribution in [2.45, 2.75) is 31.1 Å². The Morgan fingerprint density at radius 3 is 2.43 bits per heavy atom. The molecule has 0 radical (unpaired) electrons. The number of hydrogen-bond donors (Lipinski definition) is 3. The number of rotatable bonds is 5. The Morgan fingerprint density at radius 2 is 1.76 bits per heavy atom. The fraction of sp³-hybridized carbons (Fsp3) is 0.235. The van der Waals surface area contributed by atoms with Gasteiger partial charge in [-0.05, 0) is 42.7 Å². The Hall–Kier alpha value is -1.94. The van der Waals surface area contributed by atoms with Crippen LogP contribution in [-0.2, 0) is 6.42 Å². The second-order valence-corrected chi connectivity index (χ2v) is 5.38. The summed E-state index contributed by atoms with van der Waals surface area (Å²) >= 11 is 4.30. The number of unbranched alkanes of at least 4 members (excludes halogenated alkanes) is 1. The van der Waals surface area contributed by atoms with Gasteiger partial charge in [0.05, 0.1) is 5.69 Å². The number of amides is 2. The highest BCUT2D eigenvalue weighted by Crippen LogP contribution is 2.19. The summed E-state index contributed by atoms with van der Waals surface area (Å²) in [6.07, 6.45) is 3.45. The molecule has 0 spiro atoms. The molecule has 0 saturated carbocycles. The van der Waals surface area contributed by atoms with Crippen LogP contribution >= 0.6 is 12.6 Å². The molecule has 0 saturated heterocycles. The lowest BCUT2D eigenvalue weighted by molar-refractivity contribution is 0.262. The first-order valence-corrected chi connectivity index (χ1v) is 7.58. The van der Waals surface area contributed by atoms with Crippen LogP contribution in [0.2, 0.25) is 0 Å². The number of carbonyl (C=O) groups excluding carboxylic acids is 1. The first-order valence-electron chi connectivity index (χ1n) is 7.14. The molecule has 3 nitrogen and oxygen atoms in total. The molecule has 4 heteroatoms. The average molecular weight is 300 g/mol. The number of benzene rings is 2. The number of nitrogens with one attached hydrogen (secondary N) is 2. The van der Waals surface area contributed by atoms with Crippen LogP contribution in [0.4, 0.5) is 16.2 Å². The van der Waals surface area contributed by atoms with Gasteiger partial charge in [-0.3, -0.25) is 0 Å². The Kier molecular flexibility index (Phi) is 5.69. The van der Waals surface area contributed by atoms with E-state index in [9.17, 15) is 4.79 Å². The highest BCUT2D eigenvalue weighted by molar-refractivity contribution is 7.80.